The molecule has 0 amide bonds. The van der Waals surface area contributed by atoms with Gasteiger partial charge in [-0.15, -0.1) is 0 Å². The highest BCUT2D eigenvalue weighted by Crippen LogP contribution is 2.24. The molecular weight excluding hydrogens is 264 g/mol. The predicted molar refractivity (Wildman–Crippen MR) is 85.4 cm³/mol. The average molecular weight is 288 g/mol. The fraction of sp³-hybridized carbons (Fsp3) is 0.471. The number of carboxylic acid groups (broad SMARTS) is 1. The van der Waals surface area contributed by atoms with Crippen LogP contribution in [0.15, 0.2) is 30.5 Å². The lowest BCUT2D eigenvalue weighted by Crippen LogP contribution is -2.28. The summed E-state index contributed by atoms with van der Waals surface area (Å²) in [6.45, 7) is 8.02. The van der Waals surface area contributed by atoms with E-state index in [1.807, 2.05) is 10.8 Å². The lowest BCUT2D eigenvalue weighted by Gasteiger charge is -2.20. The van der Waals surface area contributed by atoms with Gasteiger partial charge < -0.3 is 15.0 Å². The van der Waals surface area contributed by atoms with E-state index in [2.05, 4.69) is 36.5 Å². The number of benzene rings is 1. The summed E-state index contributed by atoms with van der Waals surface area (Å²) >= 11 is 0. The SMILES string of the molecule is CCCNCc1ccc2c(ccn2CC(C)(C)C(=O)O)c1. The average Bonchev–Trinajstić information content (AvgIpc) is 2.81. The zero-order valence-corrected chi connectivity index (χ0v) is 13.0. The van der Waals surface area contributed by atoms with Crippen molar-refractivity contribution in [3.63, 3.8) is 0 Å². The van der Waals surface area contributed by atoms with Crippen molar-refractivity contribution < 1.29 is 9.90 Å². The van der Waals surface area contributed by atoms with E-state index < -0.39 is 11.4 Å². The van der Waals surface area contributed by atoms with Crippen LogP contribution in [0.4, 0.5) is 0 Å². The fourth-order valence-electron chi connectivity index (χ4n) is 2.40. The zero-order valence-electron chi connectivity index (χ0n) is 13.0. The lowest BCUT2D eigenvalue weighted by molar-refractivity contribution is -0.147. The standard InChI is InChI=1S/C17H24N2O2/c1-4-8-18-11-13-5-6-15-14(10-13)7-9-19(15)12-17(2,3)16(20)21/h5-7,9-10,18H,4,8,11-12H2,1-3H3,(H,20,21). The van der Waals surface area contributed by atoms with Crippen molar-refractivity contribution in [2.75, 3.05) is 6.54 Å². The lowest BCUT2D eigenvalue weighted by atomic mass is 9.94. The van der Waals surface area contributed by atoms with Gasteiger partial charge in [0.25, 0.3) is 0 Å². The number of hydrogen-bond donors (Lipinski definition) is 2. The van der Waals surface area contributed by atoms with Crippen LogP contribution in [-0.4, -0.2) is 22.2 Å². The van der Waals surface area contributed by atoms with Crippen LogP contribution >= 0.6 is 0 Å². The maximum atomic E-state index is 11.3. The summed E-state index contributed by atoms with van der Waals surface area (Å²) in [5, 5.41) is 13.8. The Labute approximate surface area is 125 Å². The molecule has 4 nitrogen and oxygen atoms in total. The number of aromatic nitrogens is 1. The van der Waals surface area contributed by atoms with Gasteiger partial charge in [0, 0.05) is 24.8 Å². The van der Waals surface area contributed by atoms with E-state index in [1.165, 1.54) is 5.56 Å². The van der Waals surface area contributed by atoms with Gasteiger partial charge in [-0.05, 0) is 56.0 Å². The van der Waals surface area contributed by atoms with Gasteiger partial charge in [0.1, 0.15) is 0 Å². The second kappa shape index (κ2) is 6.31. The van der Waals surface area contributed by atoms with Gasteiger partial charge in [0.15, 0.2) is 0 Å². The molecule has 1 aromatic heterocycles. The monoisotopic (exact) mass is 288 g/mol. The quantitative estimate of drug-likeness (QED) is 0.769. The third-order valence-corrected chi connectivity index (χ3v) is 3.74. The molecule has 0 aliphatic rings. The molecule has 0 fully saturated rings. The molecule has 2 N–H and O–H groups in total. The minimum Gasteiger partial charge on any atom is -0.481 e. The van der Waals surface area contributed by atoms with Crippen molar-refractivity contribution in [1.29, 1.82) is 0 Å². The molecule has 0 unspecified atom stereocenters. The summed E-state index contributed by atoms with van der Waals surface area (Å²) in [6, 6.07) is 8.41. The molecule has 2 aromatic rings. The van der Waals surface area contributed by atoms with Crippen LogP contribution in [0, 0.1) is 5.41 Å². The number of fused-ring (bicyclic) bond motifs is 1. The van der Waals surface area contributed by atoms with Gasteiger partial charge in [0.2, 0.25) is 0 Å². The molecule has 0 saturated heterocycles. The highest BCUT2D eigenvalue weighted by molar-refractivity contribution is 5.81. The van der Waals surface area contributed by atoms with Crippen molar-refractivity contribution in [3.05, 3.63) is 36.0 Å². The third-order valence-electron chi connectivity index (χ3n) is 3.74. The van der Waals surface area contributed by atoms with Crippen LogP contribution in [0.1, 0.15) is 32.8 Å². The van der Waals surface area contributed by atoms with E-state index in [4.69, 9.17) is 0 Å². The smallest absolute Gasteiger partial charge is 0.310 e. The van der Waals surface area contributed by atoms with Crippen LogP contribution in [0.2, 0.25) is 0 Å². The van der Waals surface area contributed by atoms with Gasteiger partial charge in [0.05, 0.1) is 5.41 Å². The number of nitrogens with one attached hydrogen (secondary N) is 1. The summed E-state index contributed by atoms with van der Waals surface area (Å²) in [7, 11) is 0. The van der Waals surface area contributed by atoms with Crippen molar-refractivity contribution in [1.82, 2.24) is 9.88 Å². The molecule has 0 aliphatic heterocycles. The Morgan fingerprint density at radius 1 is 1.33 bits per heavy atom. The summed E-state index contributed by atoms with van der Waals surface area (Å²) in [6.07, 6.45) is 3.10. The Kier molecular flexibility index (Phi) is 4.68. The molecule has 1 heterocycles. The number of nitrogens with zero attached hydrogens (tertiary/aromatic N) is 1. The first-order valence-electron chi connectivity index (χ1n) is 7.46. The molecule has 0 saturated carbocycles. The number of aliphatic carboxylic acids is 1. The highest BCUT2D eigenvalue weighted by atomic mass is 16.4. The van der Waals surface area contributed by atoms with E-state index >= 15 is 0 Å². The predicted octanol–water partition coefficient (Wildman–Crippen LogP) is 3.25. The maximum Gasteiger partial charge on any atom is 0.310 e. The normalized spacial score (nSPS) is 12.0. The van der Waals surface area contributed by atoms with Gasteiger partial charge in [-0.1, -0.05) is 13.0 Å². The number of carbonyl (C=O) groups is 1. The van der Waals surface area contributed by atoms with E-state index in [0.29, 0.717) is 6.54 Å². The van der Waals surface area contributed by atoms with E-state index in [0.717, 1.165) is 30.4 Å². The Morgan fingerprint density at radius 2 is 2.10 bits per heavy atom. The van der Waals surface area contributed by atoms with Crippen LogP contribution in [0.25, 0.3) is 10.9 Å². The second-order valence-corrected chi connectivity index (χ2v) is 6.20. The molecule has 1 aromatic carbocycles. The molecule has 2 rings (SSSR count). The van der Waals surface area contributed by atoms with Crippen molar-refractivity contribution in [3.8, 4) is 0 Å². The Balaban J connectivity index is 2.19. The van der Waals surface area contributed by atoms with Crippen LogP contribution in [-0.2, 0) is 17.9 Å². The van der Waals surface area contributed by atoms with Crippen LogP contribution in [0.3, 0.4) is 0 Å². The minimum atomic E-state index is -0.773. The van der Waals surface area contributed by atoms with E-state index in [-0.39, 0.29) is 0 Å². The number of rotatable bonds is 7. The molecule has 4 heteroatoms. The van der Waals surface area contributed by atoms with Crippen molar-refractivity contribution in [2.24, 2.45) is 5.41 Å². The summed E-state index contributed by atoms with van der Waals surface area (Å²) in [5.41, 5.74) is 1.57. The Morgan fingerprint density at radius 3 is 2.76 bits per heavy atom. The fourth-order valence-corrected chi connectivity index (χ4v) is 2.40. The largest absolute Gasteiger partial charge is 0.481 e. The molecular formula is C17H24N2O2. The Bertz CT molecular complexity index is 629. The van der Waals surface area contributed by atoms with Crippen LogP contribution in [0.5, 0.6) is 0 Å². The van der Waals surface area contributed by atoms with E-state index in [9.17, 15) is 9.90 Å². The molecule has 0 spiro atoms. The zero-order chi connectivity index (χ0) is 15.5. The summed E-state index contributed by atoms with van der Waals surface area (Å²) < 4.78 is 2.02. The van der Waals surface area contributed by atoms with Gasteiger partial charge in [-0.3, -0.25) is 4.79 Å². The Hall–Kier alpha value is -1.81. The van der Waals surface area contributed by atoms with Crippen LogP contribution < -0.4 is 5.32 Å². The first-order chi connectivity index (χ1) is 9.94. The molecule has 21 heavy (non-hydrogen) atoms. The van der Waals surface area contributed by atoms with Crippen molar-refractivity contribution >= 4 is 16.9 Å². The first-order valence-corrected chi connectivity index (χ1v) is 7.46. The maximum absolute atomic E-state index is 11.3. The van der Waals surface area contributed by atoms with Gasteiger partial charge in [-0.2, -0.15) is 0 Å². The molecule has 114 valence electrons. The third kappa shape index (κ3) is 3.64. The van der Waals surface area contributed by atoms with Crippen molar-refractivity contribution in [2.45, 2.75) is 40.3 Å². The molecule has 0 atom stereocenters. The first kappa shape index (κ1) is 15.6. The summed E-state index contributed by atoms with van der Waals surface area (Å²) in [5.74, 6) is -0.773. The van der Waals surface area contributed by atoms with E-state index in [1.54, 1.807) is 13.8 Å². The second-order valence-electron chi connectivity index (χ2n) is 6.20. The number of hydrogen-bond acceptors (Lipinski definition) is 2. The topological polar surface area (TPSA) is 54.3 Å². The highest BCUT2D eigenvalue weighted by Gasteiger charge is 2.27. The molecule has 0 aliphatic carbocycles. The minimum absolute atomic E-state index is 0.471. The molecule has 0 bridgehead atoms. The number of carboxylic acids is 1. The van der Waals surface area contributed by atoms with Gasteiger partial charge >= 0.3 is 5.97 Å². The van der Waals surface area contributed by atoms with Gasteiger partial charge in [-0.25, -0.2) is 0 Å². The summed E-state index contributed by atoms with van der Waals surface area (Å²) in [4.78, 5) is 11.3. The molecule has 0 radical (unpaired) electrons.